The number of hydrogen-bond acceptors (Lipinski definition) is 4. The molecule has 0 N–H and O–H groups in total. The number of amides is 2. The molecule has 4 rings (SSSR count). The predicted octanol–water partition coefficient (Wildman–Crippen LogP) is 5.05. The van der Waals surface area contributed by atoms with Crippen molar-refractivity contribution in [1.29, 1.82) is 0 Å². The van der Waals surface area contributed by atoms with Crippen LogP contribution in [0.2, 0.25) is 0 Å². The molecule has 1 unspecified atom stereocenters. The van der Waals surface area contributed by atoms with E-state index in [1.54, 1.807) is 22.3 Å². The summed E-state index contributed by atoms with van der Waals surface area (Å²) >= 11 is 1.66. The molecule has 3 aromatic rings. The third kappa shape index (κ3) is 6.52. The first-order valence-corrected chi connectivity index (χ1v) is 12.3. The molecule has 0 saturated carbocycles. The monoisotopic (exact) mass is 480 g/mol. The second-order valence-corrected chi connectivity index (χ2v) is 9.95. The van der Waals surface area contributed by atoms with Crippen molar-refractivity contribution in [2.45, 2.75) is 39.0 Å². The summed E-state index contributed by atoms with van der Waals surface area (Å²) in [5, 5.41) is 0. The summed E-state index contributed by atoms with van der Waals surface area (Å²) in [5.41, 5.74) is 1.25. The van der Waals surface area contributed by atoms with Crippen LogP contribution in [-0.2, 0) is 22.6 Å². The highest BCUT2D eigenvalue weighted by molar-refractivity contribution is 7.11. The SMILES string of the molecule is Cc1ccc(CN(Cc2ccccc2)C(=O)CN(CC2CCCO2)C(=O)c2cccc(F)c2)s1. The van der Waals surface area contributed by atoms with Crippen molar-refractivity contribution in [3.63, 3.8) is 0 Å². The zero-order chi connectivity index (χ0) is 23.9. The number of aryl methyl sites for hydroxylation is 1. The first-order valence-electron chi connectivity index (χ1n) is 11.5. The van der Waals surface area contributed by atoms with Crippen LogP contribution in [0.4, 0.5) is 4.39 Å². The van der Waals surface area contributed by atoms with E-state index in [1.165, 1.54) is 28.0 Å². The Labute approximate surface area is 203 Å². The van der Waals surface area contributed by atoms with E-state index in [4.69, 9.17) is 4.74 Å². The first kappa shape index (κ1) is 24.1. The van der Waals surface area contributed by atoms with Gasteiger partial charge in [0.05, 0.1) is 12.6 Å². The lowest BCUT2D eigenvalue weighted by molar-refractivity contribution is -0.133. The van der Waals surface area contributed by atoms with Crippen LogP contribution >= 0.6 is 11.3 Å². The van der Waals surface area contributed by atoms with Gasteiger partial charge in [-0.3, -0.25) is 9.59 Å². The van der Waals surface area contributed by atoms with Gasteiger partial charge in [-0.1, -0.05) is 36.4 Å². The van der Waals surface area contributed by atoms with Crippen LogP contribution in [0.15, 0.2) is 66.7 Å². The van der Waals surface area contributed by atoms with E-state index in [-0.39, 0.29) is 30.0 Å². The van der Waals surface area contributed by atoms with E-state index < -0.39 is 5.82 Å². The topological polar surface area (TPSA) is 49.9 Å². The Hall–Kier alpha value is -3.03. The number of thiophene rings is 1. The van der Waals surface area contributed by atoms with E-state index in [0.29, 0.717) is 26.2 Å². The molecule has 0 spiro atoms. The van der Waals surface area contributed by atoms with Crippen LogP contribution in [0.1, 0.15) is 38.5 Å². The van der Waals surface area contributed by atoms with Gasteiger partial charge in [0, 0.05) is 35.0 Å². The highest BCUT2D eigenvalue weighted by atomic mass is 32.1. The van der Waals surface area contributed by atoms with Crippen molar-refractivity contribution in [2.24, 2.45) is 0 Å². The zero-order valence-electron chi connectivity index (χ0n) is 19.3. The number of hydrogen-bond donors (Lipinski definition) is 0. The molecule has 7 heteroatoms. The zero-order valence-corrected chi connectivity index (χ0v) is 20.1. The fourth-order valence-corrected chi connectivity index (χ4v) is 5.02. The summed E-state index contributed by atoms with van der Waals surface area (Å²) in [5.74, 6) is -0.999. The number of carbonyl (C=O) groups excluding carboxylic acids is 2. The van der Waals surface area contributed by atoms with Gasteiger partial charge in [-0.05, 0) is 55.7 Å². The third-order valence-electron chi connectivity index (χ3n) is 5.84. The van der Waals surface area contributed by atoms with E-state index in [0.717, 1.165) is 23.3 Å². The van der Waals surface area contributed by atoms with Gasteiger partial charge < -0.3 is 14.5 Å². The van der Waals surface area contributed by atoms with Crippen LogP contribution < -0.4 is 0 Å². The molecule has 1 fully saturated rings. The molecule has 1 aliphatic rings. The molecular weight excluding hydrogens is 451 g/mol. The molecule has 1 aliphatic heterocycles. The molecule has 2 amide bonds. The van der Waals surface area contributed by atoms with Crippen LogP contribution in [0.5, 0.6) is 0 Å². The number of carbonyl (C=O) groups is 2. The maximum absolute atomic E-state index is 13.8. The van der Waals surface area contributed by atoms with Gasteiger partial charge in [0.2, 0.25) is 5.91 Å². The summed E-state index contributed by atoms with van der Waals surface area (Å²) in [6.45, 7) is 3.81. The summed E-state index contributed by atoms with van der Waals surface area (Å²) in [7, 11) is 0. The number of halogens is 1. The van der Waals surface area contributed by atoms with E-state index in [1.807, 2.05) is 49.4 Å². The highest BCUT2D eigenvalue weighted by Gasteiger charge is 2.27. The molecule has 0 aliphatic carbocycles. The average Bonchev–Trinajstić information content (AvgIpc) is 3.50. The quantitative estimate of drug-likeness (QED) is 0.431. The van der Waals surface area contributed by atoms with Crippen LogP contribution in [0.3, 0.4) is 0 Å². The van der Waals surface area contributed by atoms with E-state index in [2.05, 4.69) is 0 Å². The Morgan fingerprint density at radius 1 is 1.03 bits per heavy atom. The molecule has 0 bridgehead atoms. The van der Waals surface area contributed by atoms with Gasteiger partial charge in [-0.15, -0.1) is 11.3 Å². The van der Waals surface area contributed by atoms with Crippen molar-refractivity contribution in [2.75, 3.05) is 19.7 Å². The number of rotatable bonds is 9. The fourth-order valence-electron chi connectivity index (χ4n) is 4.12. The Kier molecular flexibility index (Phi) is 8.08. The van der Waals surface area contributed by atoms with Gasteiger partial charge in [-0.2, -0.15) is 0 Å². The van der Waals surface area contributed by atoms with Crippen molar-refractivity contribution in [3.8, 4) is 0 Å². The van der Waals surface area contributed by atoms with E-state index >= 15 is 0 Å². The number of nitrogens with zero attached hydrogens (tertiary/aromatic N) is 2. The third-order valence-corrected chi connectivity index (χ3v) is 6.83. The largest absolute Gasteiger partial charge is 0.376 e. The second kappa shape index (κ2) is 11.4. The van der Waals surface area contributed by atoms with Gasteiger partial charge in [0.15, 0.2) is 0 Å². The number of ether oxygens (including phenoxy) is 1. The normalized spacial score (nSPS) is 15.3. The minimum atomic E-state index is -0.479. The van der Waals surface area contributed by atoms with Crippen molar-refractivity contribution in [1.82, 2.24) is 9.80 Å². The van der Waals surface area contributed by atoms with Gasteiger partial charge >= 0.3 is 0 Å². The molecule has 2 aromatic carbocycles. The maximum atomic E-state index is 13.8. The Morgan fingerprint density at radius 2 is 1.85 bits per heavy atom. The Morgan fingerprint density at radius 3 is 2.53 bits per heavy atom. The van der Waals surface area contributed by atoms with Gasteiger partial charge in [-0.25, -0.2) is 4.39 Å². The predicted molar refractivity (Wildman–Crippen MR) is 131 cm³/mol. The summed E-state index contributed by atoms with van der Waals surface area (Å²) in [6, 6.07) is 19.5. The average molecular weight is 481 g/mol. The molecule has 0 radical (unpaired) electrons. The molecule has 34 heavy (non-hydrogen) atoms. The minimum absolute atomic E-state index is 0.0909. The molecular formula is C27H29FN2O3S. The molecule has 178 valence electrons. The molecule has 1 saturated heterocycles. The van der Waals surface area contributed by atoms with Gasteiger partial charge in [0.25, 0.3) is 5.91 Å². The lowest BCUT2D eigenvalue weighted by atomic mass is 10.1. The Bertz CT molecular complexity index is 1110. The van der Waals surface area contributed by atoms with Crippen LogP contribution in [-0.4, -0.2) is 47.4 Å². The molecule has 5 nitrogen and oxygen atoms in total. The fraction of sp³-hybridized carbons (Fsp3) is 0.333. The molecule has 2 heterocycles. The van der Waals surface area contributed by atoms with Crippen LogP contribution in [0.25, 0.3) is 0 Å². The first-order chi connectivity index (χ1) is 16.5. The smallest absolute Gasteiger partial charge is 0.254 e. The number of benzene rings is 2. The summed E-state index contributed by atoms with van der Waals surface area (Å²) in [4.78, 5) is 32.4. The van der Waals surface area contributed by atoms with Gasteiger partial charge in [0.1, 0.15) is 12.4 Å². The Balaban J connectivity index is 1.55. The lowest BCUT2D eigenvalue weighted by Gasteiger charge is -2.29. The molecule has 1 aromatic heterocycles. The van der Waals surface area contributed by atoms with Crippen LogP contribution in [0, 0.1) is 12.7 Å². The maximum Gasteiger partial charge on any atom is 0.254 e. The summed E-state index contributed by atoms with van der Waals surface area (Å²) < 4.78 is 19.5. The highest BCUT2D eigenvalue weighted by Crippen LogP contribution is 2.20. The van der Waals surface area contributed by atoms with E-state index in [9.17, 15) is 14.0 Å². The van der Waals surface area contributed by atoms with Crippen molar-refractivity contribution in [3.05, 3.63) is 93.4 Å². The summed E-state index contributed by atoms with van der Waals surface area (Å²) in [6.07, 6.45) is 1.65. The minimum Gasteiger partial charge on any atom is -0.376 e. The van der Waals surface area contributed by atoms with Crippen molar-refractivity contribution < 1.29 is 18.7 Å². The van der Waals surface area contributed by atoms with Crippen molar-refractivity contribution >= 4 is 23.2 Å². The molecule has 1 atom stereocenters. The second-order valence-electron chi connectivity index (χ2n) is 8.58. The lowest BCUT2D eigenvalue weighted by Crippen LogP contribution is -2.45. The standard InChI is InChI=1S/C27H29FN2O3S/c1-20-12-13-25(34-20)18-29(16-21-7-3-2-4-8-21)26(31)19-30(17-24-11-6-14-33-24)27(32)22-9-5-10-23(28)15-22/h2-5,7-10,12-13,15,24H,6,11,14,16-19H2,1H3.